The highest BCUT2D eigenvalue weighted by atomic mass is 19.3. The molecule has 0 spiro atoms. The fourth-order valence-corrected chi connectivity index (χ4v) is 4.75. The summed E-state index contributed by atoms with van der Waals surface area (Å²) in [7, 11) is 3.63. The topological polar surface area (TPSA) is 79.7 Å². The number of likely N-dealkylation sites (N-methyl/N-ethyl adjacent to an activating group) is 1. The van der Waals surface area contributed by atoms with Crippen LogP contribution in [-0.4, -0.2) is 58.9 Å². The van der Waals surface area contributed by atoms with E-state index in [4.69, 9.17) is 9.47 Å². The van der Waals surface area contributed by atoms with Crippen molar-refractivity contribution >= 4 is 16.7 Å². The van der Waals surface area contributed by atoms with E-state index in [0.717, 1.165) is 39.3 Å². The van der Waals surface area contributed by atoms with Crippen LogP contribution in [0.2, 0.25) is 0 Å². The number of nitrogens with zero attached hydrogens (tertiary/aromatic N) is 3. The molecular weight excluding hydrogens is 497 g/mol. The van der Waals surface area contributed by atoms with Crippen LogP contribution in [0.4, 0.5) is 19.0 Å². The normalized spacial score (nSPS) is 17.6. The number of methoxy groups -OCH3 is 1. The number of aromatic nitrogens is 2. The minimum absolute atomic E-state index is 0.0186. The Bertz CT molecular complexity index is 1310. The summed E-state index contributed by atoms with van der Waals surface area (Å²) in [4.78, 5) is 11.3. The lowest BCUT2D eigenvalue weighted by Gasteiger charge is -2.30. The molecule has 2 heterocycles. The Kier molecular flexibility index (Phi) is 7.76. The minimum atomic E-state index is -3.79. The third-order valence-electron chi connectivity index (χ3n) is 7.15. The molecule has 206 valence electrons. The fourth-order valence-electron chi connectivity index (χ4n) is 4.75. The maximum Gasteiger partial charge on any atom is 0.303 e. The van der Waals surface area contributed by atoms with Gasteiger partial charge in [0.1, 0.15) is 29.7 Å². The molecule has 0 bridgehead atoms. The number of ether oxygens (including phenoxy) is 2. The number of fused-ring (bicyclic) bond motifs is 1. The number of halogens is 3. The van der Waals surface area contributed by atoms with Crippen LogP contribution in [0.3, 0.4) is 0 Å². The van der Waals surface area contributed by atoms with Gasteiger partial charge in [0, 0.05) is 23.1 Å². The summed E-state index contributed by atoms with van der Waals surface area (Å²) in [5.74, 6) is -2.94. The molecule has 1 saturated heterocycles. The van der Waals surface area contributed by atoms with Gasteiger partial charge in [-0.2, -0.15) is 8.78 Å². The Hall–Kier alpha value is -3.11. The third-order valence-corrected chi connectivity index (χ3v) is 7.15. The first-order valence-corrected chi connectivity index (χ1v) is 12.7. The maximum atomic E-state index is 15.4. The molecule has 1 fully saturated rings. The molecule has 3 aromatic rings. The van der Waals surface area contributed by atoms with Crippen LogP contribution in [0.1, 0.15) is 56.6 Å². The SMILES string of the molecule is COc1cc2nc(C)nc(N[C@H](C)c3cccc(C(F)(F)C(C)(C)O)c3F)c2cc1OC[C@@H]1CCCN1C. The van der Waals surface area contributed by atoms with Crippen LogP contribution in [0.5, 0.6) is 11.5 Å². The highest BCUT2D eigenvalue weighted by Gasteiger charge is 2.49. The molecule has 1 aliphatic heterocycles. The van der Waals surface area contributed by atoms with E-state index in [1.165, 1.54) is 12.1 Å². The van der Waals surface area contributed by atoms with Gasteiger partial charge in [-0.05, 0) is 66.3 Å². The zero-order valence-corrected chi connectivity index (χ0v) is 22.6. The highest BCUT2D eigenvalue weighted by molar-refractivity contribution is 5.92. The number of aliphatic hydroxyl groups is 1. The number of aryl methyl sites for hydroxylation is 1. The zero-order chi connectivity index (χ0) is 27.8. The fraction of sp³-hybridized carbons (Fsp3) is 0.500. The summed E-state index contributed by atoms with van der Waals surface area (Å²) in [6.07, 6.45) is 2.17. The van der Waals surface area contributed by atoms with E-state index in [2.05, 4.69) is 27.2 Å². The molecule has 0 aliphatic carbocycles. The van der Waals surface area contributed by atoms with Crippen LogP contribution in [0, 0.1) is 12.7 Å². The predicted octanol–water partition coefficient (Wildman–Crippen LogP) is 5.59. The van der Waals surface area contributed by atoms with Gasteiger partial charge in [-0.25, -0.2) is 14.4 Å². The molecule has 1 aliphatic rings. The first-order valence-electron chi connectivity index (χ1n) is 12.7. The number of nitrogens with one attached hydrogen (secondary N) is 1. The lowest BCUT2D eigenvalue weighted by Crippen LogP contribution is -2.41. The molecule has 2 N–H and O–H groups in total. The minimum Gasteiger partial charge on any atom is -0.493 e. The third kappa shape index (κ3) is 5.37. The van der Waals surface area contributed by atoms with Crippen LogP contribution < -0.4 is 14.8 Å². The molecule has 2 aromatic carbocycles. The summed E-state index contributed by atoms with van der Waals surface area (Å²) < 4.78 is 56.7. The van der Waals surface area contributed by atoms with E-state index in [9.17, 15) is 13.9 Å². The Morgan fingerprint density at radius 2 is 1.95 bits per heavy atom. The van der Waals surface area contributed by atoms with Crippen LogP contribution in [-0.2, 0) is 5.92 Å². The van der Waals surface area contributed by atoms with Gasteiger partial charge in [-0.1, -0.05) is 12.1 Å². The van der Waals surface area contributed by atoms with E-state index in [1.54, 1.807) is 33.1 Å². The summed E-state index contributed by atoms with van der Waals surface area (Å²) >= 11 is 0. The maximum absolute atomic E-state index is 15.4. The Morgan fingerprint density at radius 1 is 1.21 bits per heavy atom. The number of anilines is 1. The number of hydrogen-bond acceptors (Lipinski definition) is 7. The summed E-state index contributed by atoms with van der Waals surface area (Å²) in [6, 6.07) is 6.90. The van der Waals surface area contributed by atoms with Gasteiger partial charge in [0.2, 0.25) is 0 Å². The summed E-state index contributed by atoms with van der Waals surface area (Å²) in [5, 5.41) is 13.7. The van der Waals surface area contributed by atoms with E-state index >= 15 is 4.39 Å². The lowest BCUT2D eigenvalue weighted by atomic mass is 9.91. The van der Waals surface area contributed by atoms with Crippen molar-refractivity contribution in [3.05, 3.63) is 53.1 Å². The molecule has 2 atom stereocenters. The zero-order valence-electron chi connectivity index (χ0n) is 22.6. The molecule has 4 rings (SSSR count). The van der Waals surface area contributed by atoms with Crippen LogP contribution in [0.25, 0.3) is 10.9 Å². The standard InChI is InChI=1S/C28H35F3N4O3/c1-16(19-10-7-11-21(25(19)29)28(30,31)27(3,4)36)32-26-20-13-24(38-15-18-9-8-12-35(18)5)23(37-6)14-22(20)33-17(2)34-26/h7,10-11,13-14,16,18,36H,8-9,12,15H2,1-6H3,(H,32,33,34)/t16-,18+/m1/s1. The largest absolute Gasteiger partial charge is 0.493 e. The molecule has 0 amide bonds. The number of alkyl halides is 2. The predicted molar refractivity (Wildman–Crippen MR) is 141 cm³/mol. The van der Waals surface area contributed by atoms with Crippen molar-refractivity contribution in [3.63, 3.8) is 0 Å². The lowest BCUT2D eigenvalue weighted by molar-refractivity contribution is -0.170. The highest BCUT2D eigenvalue weighted by Crippen LogP contribution is 2.42. The van der Waals surface area contributed by atoms with Crippen molar-refractivity contribution in [1.82, 2.24) is 14.9 Å². The molecular formula is C28H35F3N4O3. The average molecular weight is 533 g/mol. The van der Waals surface area contributed by atoms with Crippen molar-refractivity contribution in [1.29, 1.82) is 0 Å². The van der Waals surface area contributed by atoms with E-state index in [-0.39, 0.29) is 5.56 Å². The van der Waals surface area contributed by atoms with Gasteiger partial charge in [0.25, 0.3) is 0 Å². The average Bonchev–Trinajstić information content (AvgIpc) is 3.25. The van der Waals surface area contributed by atoms with Crippen molar-refractivity contribution in [2.24, 2.45) is 0 Å². The van der Waals surface area contributed by atoms with Crippen molar-refractivity contribution < 1.29 is 27.8 Å². The smallest absolute Gasteiger partial charge is 0.303 e. The van der Waals surface area contributed by atoms with Gasteiger partial charge >= 0.3 is 5.92 Å². The van der Waals surface area contributed by atoms with Crippen molar-refractivity contribution in [3.8, 4) is 11.5 Å². The Labute approximate surface area is 221 Å². The van der Waals surface area contributed by atoms with Crippen molar-refractivity contribution in [2.75, 3.05) is 32.6 Å². The summed E-state index contributed by atoms with van der Waals surface area (Å²) in [6.45, 7) is 6.82. The van der Waals surface area contributed by atoms with Crippen molar-refractivity contribution in [2.45, 2.75) is 64.1 Å². The van der Waals surface area contributed by atoms with Gasteiger partial charge in [0.15, 0.2) is 11.5 Å². The second kappa shape index (κ2) is 10.6. The van der Waals surface area contributed by atoms with Gasteiger partial charge in [0.05, 0.1) is 24.2 Å². The van der Waals surface area contributed by atoms with Gasteiger partial charge < -0.3 is 24.8 Å². The Balaban J connectivity index is 1.69. The van der Waals surface area contributed by atoms with Gasteiger partial charge in [-0.3, -0.25) is 0 Å². The number of benzene rings is 2. The number of likely N-dealkylation sites (tertiary alicyclic amines) is 1. The first-order chi connectivity index (χ1) is 17.8. The van der Waals surface area contributed by atoms with E-state index < -0.39 is 28.9 Å². The molecule has 0 radical (unpaired) electrons. The second-order valence-corrected chi connectivity index (χ2v) is 10.4. The molecule has 0 saturated carbocycles. The molecule has 38 heavy (non-hydrogen) atoms. The molecule has 0 unspecified atom stereocenters. The van der Waals surface area contributed by atoms with Gasteiger partial charge in [-0.15, -0.1) is 0 Å². The molecule has 7 nitrogen and oxygen atoms in total. The van der Waals surface area contributed by atoms with E-state index in [0.29, 0.717) is 46.7 Å². The van der Waals surface area contributed by atoms with Crippen LogP contribution in [0.15, 0.2) is 30.3 Å². The van der Waals surface area contributed by atoms with Crippen LogP contribution >= 0.6 is 0 Å². The number of hydrogen-bond donors (Lipinski definition) is 2. The monoisotopic (exact) mass is 532 g/mol. The first kappa shape index (κ1) is 27.9. The second-order valence-electron chi connectivity index (χ2n) is 10.4. The Morgan fingerprint density at radius 3 is 2.58 bits per heavy atom. The quantitative estimate of drug-likeness (QED) is 0.372. The molecule has 1 aromatic heterocycles. The summed E-state index contributed by atoms with van der Waals surface area (Å²) in [5.41, 5.74) is -2.69. The number of rotatable bonds is 9. The molecule has 10 heteroatoms. The van der Waals surface area contributed by atoms with E-state index in [1.807, 2.05) is 0 Å².